The van der Waals surface area contributed by atoms with E-state index in [1.807, 2.05) is 0 Å². The highest BCUT2D eigenvalue weighted by Gasteiger charge is 2.45. The fourth-order valence-electron chi connectivity index (χ4n) is 17.6. The standard InChI is InChI=1S/C106H90BN3O/c1-103(2,3)77-49-43-68(44-50-77)72-46-53-88-96(61-72)110(92-54-47-71(67-29-16-13-17-30-67)59-86(92)69-31-18-14-19-32-69)98-63-76(75-57-79(105(7,8)9)65-80(58-75)106(10,11)12)62-97-102(98)107(88)89-60-74(48-55-94(89)109(97)93-56-51-78(104(4,5)6)66-87(93)70-33-20-15-21-34-70)101-81(73-45-52-85-84-37-24-27-42-99(84)111-100(85)64-73)38-28-41-95(101)108-90-39-25-22-35-82(90)83-36-23-26-40-91(83)108/h13-66H,1-12H3. The molecule has 0 bridgehead atoms. The molecule has 0 atom stereocenters. The van der Waals surface area contributed by atoms with E-state index in [0.29, 0.717) is 0 Å². The maximum atomic E-state index is 6.80. The fourth-order valence-corrected chi connectivity index (χ4v) is 17.6. The zero-order chi connectivity index (χ0) is 76.0. The van der Waals surface area contributed by atoms with Gasteiger partial charge in [0, 0.05) is 61.0 Å². The van der Waals surface area contributed by atoms with Crippen LogP contribution in [0.1, 0.15) is 105 Å². The van der Waals surface area contributed by atoms with E-state index >= 15 is 0 Å². The lowest BCUT2D eigenvalue weighted by molar-refractivity contribution is 0.569. The molecular formula is C106H90BN3O. The van der Waals surface area contributed by atoms with E-state index in [9.17, 15) is 0 Å². The predicted molar refractivity (Wildman–Crippen MR) is 475 cm³/mol. The molecule has 2 aliphatic rings. The van der Waals surface area contributed by atoms with E-state index in [2.05, 4.69) is 425 Å². The van der Waals surface area contributed by atoms with Gasteiger partial charge in [0.2, 0.25) is 0 Å². The summed E-state index contributed by atoms with van der Waals surface area (Å²) < 4.78 is 9.32. The summed E-state index contributed by atoms with van der Waals surface area (Å²) in [6, 6.07) is 125. The van der Waals surface area contributed by atoms with Crippen LogP contribution in [-0.4, -0.2) is 11.3 Å². The lowest BCUT2D eigenvalue weighted by Gasteiger charge is -2.45. The fraction of sp³-hybridized carbons (Fsp3) is 0.151. The topological polar surface area (TPSA) is 24.6 Å². The van der Waals surface area contributed by atoms with Gasteiger partial charge in [0.05, 0.1) is 28.1 Å². The van der Waals surface area contributed by atoms with Crippen LogP contribution in [-0.2, 0) is 21.7 Å². The van der Waals surface area contributed by atoms with Crippen molar-refractivity contribution in [2.45, 2.75) is 105 Å². The average Bonchev–Trinajstić information content (AvgIpc) is 1.58. The van der Waals surface area contributed by atoms with Crippen LogP contribution in [0.3, 0.4) is 0 Å². The van der Waals surface area contributed by atoms with Crippen molar-refractivity contribution < 1.29 is 4.42 Å². The summed E-state index contributed by atoms with van der Waals surface area (Å²) in [6.45, 7) is 27.8. The van der Waals surface area contributed by atoms with Crippen molar-refractivity contribution in [2.24, 2.45) is 0 Å². The van der Waals surface area contributed by atoms with Crippen LogP contribution in [0.5, 0.6) is 0 Å². The van der Waals surface area contributed by atoms with Crippen molar-refractivity contribution in [1.29, 1.82) is 0 Å². The molecule has 0 spiro atoms. The number of benzene rings is 15. The van der Waals surface area contributed by atoms with Gasteiger partial charge in [-0.15, -0.1) is 0 Å². The quantitative estimate of drug-likeness (QED) is 0.128. The van der Waals surface area contributed by atoms with Gasteiger partial charge in [0.25, 0.3) is 6.71 Å². The van der Waals surface area contributed by atoms with Gasteiger partial charge >= 0.3 is 0 Å². The van der Waals surface area contributed by atoms with Crippen LogP contribution in [0.4, 0.5) is 34.1 Å². The average molecular weight is 1430 g/mol. The van der Waals surface area contributed by atoms with Crippen LogP contribution in [0.15, 0.2) is 332 Å². The number of para-hydroxylation sites is 3. The van der Waals surface area contributed by atoms with E-state index in [1.165, 1.54) is 71.7 Å². The molecule has 2 aliphatic heterocycles. The molecule has 111 heavy (non-hydrogen) atoms. The van der Waals surface area contributed by atoms with Gasteiger partial charge in [-0.3, -0.25) is 0 Å². The molecule has 5 heteroatoms. The Morgan fingerprint density at radius 1 is 0.234 bits per heavy atom. The van der Waals surface area contributed by atoms with Crippen LogP contribution >= 0.6 is 0 Å². The highest BCUT2D eigenvalue weighted by atomic mass is 16.3. The van der Waals surface area contributed by atoms with Gasteiger partial charge in [-0.2, -0.15) is 0 Å². The summed E-state index contributed by atoms with van der Waals surface area (Å²) in [5, 5.41) is 4.63. The Morgan fingerprint density at radius 2 is 0.694 bits per heavy atom. The van der Waals surface area contributed by atoms with E-state index in [0.717, 1.165) is 128 Å². The highest BCUT2D eigenvalue weighted by Crippen LogP contribution is 2.53. The van der Waals surface area contributed by atoms with Crippen molar-refractivity contribution in [3.8, 4) is 83.6 Å². The third kappa shape index (κ3) is 11.9. The monoisotopic (exact) mass is 1430 g/mol. The molecule has 0 unspecified atom stereocenters. The van der Waals surface area contributed by atoms with Gasteiger partial charge in [0.1, 0.15) is 11.2 Å². The summed E-state index contributed by atoms with van der Waals surface area (Å²) >= 11 is 0. The number of hydrogen-bond acceptors (Lipinski definition) is 3. The Labute approximate surface area is 653 Å². The molecule has 19 rings (SSSR count). The van der Waals surface area contributed by atoms with E-state index in [-0.39, 0.29) is 28.4 Å². The first kappa shape index (κ1) is 69.1. The normalized spacial score (nSPS) is 13.0. The Balaban J connectivity index is 0.970. The van der Waals surface area contributed by atoms with Gasteiger partial charge in [0.15, 0.2) is 0 Å². The van der Waals surface area contributed by atoms with Crippen molar-refractivity contribution in [2.75, 3.05) is 9.80 Å². The Bertz CT molecular complexity index is 6460. The Hall–Kier alpha value is -12.4. The molecule has 0 amide bonds. The number of nitrogens with zero attached hydrogens (tertiary/aromatic N) is 3. The number of furan rings is 1. The first-order chi connectivity index (χ1) is 53.6. The number of fused-ring (bicyclic) bond motifs is 10. The molecule has 4 nitrogen and oxygen atoms in total. The molecule has 0 saturated heterocycles. The molecule has 15 aromatic carbocycles. The molecule has 0 radical (unpaired) electrons. The molecule has 2 aromatic heterocycles. The van der Waals surface area contributed by atoms with Crippen LogP contribution in [0.2, 0.25) is 0 Å². The van der Waals surface area contributed by atoms with Crippen LogP contribution in [0, 0.1) is 0 Å². The summed E-state index contributed by atoms with van der Waals surface area (Å²) in [7, 11) is 0. The molecule has 0 N–H and O–H groups in total. The number of rotatable bonds is 10. The van der Waals surface area contributed by atoms with Crippen LogP contribution < -0.4 is 26.2 Å². The van der Waals surface area contributed by atoms with E-state index < -0.39 is 0 Å². The molecule has 4 heterocycles. The molecule has 538 valence electrons. The molecule has 0 saturated carbocycles. The summed E-state index contributed by atoms with van der Waals surface area (Å²) in [5.74, 6) is 0. The second-order valence-electron chi connectivity index (χ2n) is 34.9. The van der Waals surface area contributed by atoms with E-state index in [4.69, 9.17) is 4.42 Å². The lowest BCUT2D eigenvalue weighted by Crippen LogP contribution is -2.61. The molecule has 17 aromatic rings. The largest absolute Gasteiger partial charge is 0.456 e. The SMILES string of the molecule is CC(C)(C)c1ccc(-c2ccc3c(c2)N(c2ccc(-c4ccccc4)cc2-c2ccccc2)c2cc(-c4cc(C(C)(C)C)cc(C(C)(C)C)c4)cc4c2B3c2cc(-c3c(-c5ccc6c(c5)oc5ccccc56)cccc3-n3c5ccccc5c5ccccc53)ccc2N4c2ccc(C(C)(C)C)cc2-c2ccccc2)cc1. The predicted octanol–water partition coefficient (Wildman–Crippen LogP) is 27.6. The van der Waals surface area contributed by atoms with Gasteiger partial charge in [-0.25, -0.2) is 0 Å². The first-order valence-corrected chi connectivity index (χ1v) is 39.4. The summed E-state index contributed by atoms with van der Waals surface area (Å²) in [5.41, 5.74) is 36.2. The Morgan fingerprint density at radius 3 is 1.32 bits per heavy atom. The maximum absolute atomic E-state index is 6.80. The highest BCUT2D eigenvalue weighted by molar-refractivity contribution is 7.00. The second-order valence-corrected chi connectivity index (χ2v) is 34.9. The van der Waals surface area contributed by atoms with Crippen molar-refractivity contribution in [3.05, 3.63) is 350 Å². The van der Waals surface area contributed by atoms with Crippen LogP contribution in [0.25, 0.3) is 127 Å². The third-order valence-electron chi connectivity index (χ3n) is 23.6. The molecule has 0 fully saturated rings. The number of hydrogen-bond donors (Lipinski definition) is 0. The van der Waals surface area contributed by atoms with Crippen molar-refractivity contribution in [1.82, 2.24) is 4.57 Å². The second kappa shape index (κ2) is 26.1. The van der Waals surface area contributed by atoms with Crippen molar-refractivity contribution in [3.63, 3.8) is 0 Å². The minimum atomic E-state index is -0.293. The van der Waals surface area contributed by atoms with Gasteiger partial charge in [-0.05, 0) is 206 Å². The summed E-state index contributed by atoms with van der Waals surface area (Å²) in [6.07, 6.45) is 0. The summed E-state index contributed by atoms with van der Waals surface area (Å²) in [4.78, 5) is 5.35. The van der Waals surface area contributed by atoms with E-state index in [1.54, 1.807) is 0 Å². The molecular weight excluding hydrogens is 1340 g/mol. The minimum Gasteiger partial charge on any atom is -0.456 e. The van der Waals surface area contributed by atoms with Gasteiger partial charge in [-0.1, -0.05) is 326 Å². The Kier molecular flexibility index (Phi) is 16.3. The lowest BCUT2D eigenvalue weighted by atomic mass is 9.33. The number of anilines is 6. The smallest absolute Gasteiger partial charge is 0.252 e. The zero-order valence-corrected chi connectivity index (χ0v) is 65.5. The van der Waals surface area contributed by atoms with Gasteiger partial charge < -0.3 is 18.8 Å². The van der Waals surface area contributed by atoms with Crippen molar-refractivity contribution >= 4 is 101 Å². The maximum Gasteiger partial charge on any atom is 0.252 e. The first-order valence-electron chi connectivity index (χ1n) is 39.4. The third-order valence-corrected chi connectivity index (χ3v) is 23.6. The minimum absolute atomic E-state index is 0.0193. The number of aromatic nitrogens is 1. The zero-order valence-electron chi connectivity index (χ0n) is 65.5. The molecule has 0 aliphatic carbocycles.